The highest BCUT2D eigenvalue weighted by Crippen LogP contribution is 2.37. The van der Waals surface area contributed by atoms with Gasteiger partial charge in [0.15, 0.2) is 0 Å². The lowest BCUT2D eigenvalue weighted by Gasteiger charge is -2.27. The van der Waals surface area contributed by atoms with Gasteiger partial charge in [0.25, 0.3) is 5.78 Å². The van der Waals surface area contributed by atoms with Crippen LogP contribution in [0.5, 0.6) is 5.75 Å². The third-order valence-corrected chi connectivity index (χ3v) is 4.39. The minimum Gasteiger partial charge on any atom is -0.497 e. The molecule has 6 nitrogen and oxygen atoms in total. The second-order valence-corrected chi connectivity index (χ2v) is 5.86. The summed E-state index contributed by atoms with van der Waals surface area (Å²) in [5.74, 6) is 2.60. The van der Waals surface area contributed by atoms with E-state index < -0.39 is 0 Å². The first-order valence-electron chi connectivity index (χ1n) is 7.84. The molecule has 1 aliphatic heterocycles. The van der Waals surface area contributed by atoms with E-state index in [1.54, 1.807) is 13.4 Å². The smallest absolute Gasteiger partial charge is 0.254 e. The molecule has 1 aliphatic rings. The van der Waals surface area contributed by atoms with E-state index in [1.807, 2.05) is 23.6 Å². The molecule has 1 fully saturated rings. The number of hydrogen-bond donors (Lipinski definition) is 0. The number of rotatable bonds is 3. The zero-order valence-electron chi connectivity index (χ0n) is 13.3. The molecule has 118 valence electrons. The van der Waals surface area contributed by atoms with E-state index in [0.29, 0.717) is 11.8 Å². The molecule has 0 aliphatic carbocycles. The Bertz CT molecular complexity index is 844. The molecule has 0 N–H and O–H groups in total. The number of ether oxygens (including phenoxy) is 1. The van der Waals surface area contributed by atoms with Gasteiger partial charge < -0.3 is 9.64 Å². The Morgan fingerprint density at radius 2 is 2.17 bits per heavy atom. The Morgan fingerprint density at radius 3 is 3.04 bits per heavy atom. The third-order valence-electron chi connectivity index (χ3n) is 4.39. The second-order valence-electron chi connectivity index (χ2n) is 5.86. The molecule has 23 heavy (non-hydrogen) atoms. The molecule has 0 bridgehead atoms. The Labute approximate surface area is 134 Å². The van der Waals surface area contributed by atoms with Crippen LogP contribution in [0.3, 0.4) is 0 Å². The Balaban J connectivity index is 1.78. The molecule has 1 atom stereocenters. The van der Waals surface area contributed by atoms with E-state index in [1.165, 1.54) is 5.56 Å². The van der Waals surface area contributed by atoms with Crippen LogP contribution in [0, 0.1) is 6.92 Å². The van der Waals surface area contributed by atoms with Crippen molar-refractivity contribution in [2.24, 2.45) is 0 Å². The maximum absolute atomic E-state index is 5.38. The fourth-order valence-corrected chi connectivity index (χ4v) is 3.35. The fourth-order valence-electron chi connectivity index (χ4n) is 3.35. The van der Waals surface area contributed by atoms with E-state index in [2.05, 4.69) is 38.2 Å². The van der Waals surface area contributed by atoms with Crippen molar-refractivity contribution >= 4 is 11.6 Å². The summed E-state index contributed by atoms with van der Waals surface area (Å²) in [5, 5.41) is 4.34. The van der Waals surface area contributed by atoms with E-state index in [4.69, 9.17) is 4.74 Å². The van der Waals surface area contributed by atoms with Gasteiger partial charge in [-0.05, 0) is 37.5 Å². The molecule has 0 amide bonds. The van der Waals surface area contributed by atoms with Crippen LogP contribution < -0.4 is 9.64 Å². The lowest BCUT2D eigenvalue weighted by molar-refractivity contribution is 0.414. The van der Waals surface area contributed by atoms with Crippen LogP contribution in [-0.4, -0.2) is 33.2 Å². The van der Waals surface area contributed by atoms with Gasteiger partial charge in [0.2, 0.25) is 0 Å². The highest BCUT2D eigenvalue weighted by Gasteiger charge is 2.28. The zero-order valence-corrected chi connectivity index (χ0v) is 13.3. The Hall–Kier alpha value is -2.63. The van der Waals surface area contributed by atoms with Gasteiger partial charge in [-0.2, -0.15) is 14.6 Å². The molecule has 3 aromatic rings. The number of methoxy groups -OCH3 is 1. The summed E-state index contributed by atoms with van der Waals surface area (Å²) in [5.41, 5.74) is 2.22. The quantitative estimate of drug-likeness (QED) is 0.744. The SMILES string of the molecule is COc1cccc(C2CCCN2c2cc(C)nc3ncnn23)c1. The summed E-state index contributed by atoms with van der Waals surface area (Å²) < 4.78 is 7.20. The molecule has 3 heterocycles. The molecule has 2 aromatic heterocycles. The predicted octanol–water partition coefficient (Wildman–Crippen LogP) is 2.78. The van der Waals surface area contributed by atoms with Crippen molar-refractivity contribution in [1.82, 2.24) is 19.6 Å². The van der Waals surface area contributed by atoms with Gasteiger partial charge in [-0.1, -0.05) is 12.1 Å². The van der Waals surface area contributed by atoms with Gasteiger partial charge in [0.1, 0.15) is 17.9 Å². The molecule has 0 radical (unpaired) electrons. The molecule has 4 rings (SSSR count). The average molecular weight is 309 g/mol. The second kappa shape index (κ2) is 5.53. The minimum atomic E-state index is 0.319. The zero-order chi connectivity index (χ0) is 15.8. The topological polar surface area (TPSA) is 55.5 Å². The highest BCUT2D eigenvalue weighted by atomic mass is 16.5. The summed E-state index contributed by atoms with van der Waals surface area (Å²) in [4.78, 5) is 11.1. The molecule has 1 unspecified atom stereocenters. The fraction of sp³-hybridized carbons (Fsp3) is 0.353. The van der Waals surface area contributed by atoms with Crippen molar-refractivity contribution in [1.29, 1.82) is 0 Å². The number of fused-ring (bicyclic) bond motifs is 1. The van der Waals surface area contributed by atoms with Crippen molar-refractivity contribution in [2.75, 3.05) is 18.6 Å². The lowest BCUT2D eigenvalue weighted by atomic mass is 10.0. The van der Waals surface area contributed by atoms with E-state index >= 15 is 0 Å². The van der Waals surface area contributed by atoms with Crippen molar-refractivity contribution in [2.45, 2.75) is 25.8 Å². The number of anilines is 1. The Morgan fingerprint density at radius 1 is 1.26 bits per heavy atom. The predicted molar refractivity (Wildman–Crippen MR) is 87.8 cm³/mol. The molecule has 1 saturated heterocycles. The van der Waals surface area contributed by atoms with Gasteiger partial charge in [-0.25, -0.2) is 4.98 Å². The van der Waals surface area contributed by atoms with Crippen LogP contribution in [0.15, 0.2) is 36.7 Å². The normalized spacial score (nSPS) is 17.8. The van der Waals surface area contributed by atoms with Crippen LogP contribution in [0.25, 0.3) is 5.78 Å². The first-order valence-corrected chi connectivity index (χ1v) is 7.84. The van der Waals surface area contributed by atoms with Crippen LogP contribution in [0.2, 0.25) is 0 Å². The number of benzene rings is 1. The van der Waals surface area contributed by atoms with Gasteiger partial charge in [-0.15, -0.1) is 0 Å². The average Bonchev–Trinajstić information content (AvgIpc) is 3.23. The maximum Gasteiger partial charge on any atom is 0.254 e. The van der Waals surface area contributed by atoms with Crippen LogP contribution >= 0.6 is 0 Å². The maximum atomic E-state index is 5.38. The molecule has 0 saturated carbocycles. The summed E-state index contributed by atoms with van der Waals surface area (Å²) in [7, 11) is 1.71. The van der Waals surface area contributed by atoms with E-state index in [-0.39, 0.29) is 0 Å². The molecule has 1 aromatic carbocycles. The summed E-state index contributed by atoms with van der Waals surface area (Å²) in [6.45, 7) is 3.00. The molecular formula is C17H19N5O. The van der Waals surface area contributed by atoms with Crippen molar-refractivity contribution in [3.8, 4) is 5.75 Å². The molecule has 0 spiro atoms. The first-order chi connectivity index (χ1) is 11.3. The minimum absolute atomic E-state index is 0.319. The molecular weight excluding hydrogens is 290 g/mol. The van der Waals surface area contributed by atoms with Gasteiger partial charge >= 0.3 is 0 Å². The molecule has 6 heteroatoms. The Kier molecular flexibility index (Phi) is 3.37. The lowest BCUT2D eigenvalue weighted by Crippen LogP contribution is -2.25. The van der Waals surface area contributed by atoms with Crippen molar-refractivity contribution < 1.29 is 4.74 Å². The van der Waals surface area contributed by atoms with Gasteiger partial charge in [-0.3, -0.25) is 0 Å². The van der Waals surface area contributed by atoms with E-state index in [0.717, 1.165) is 36.6 Å². The third kappa shape index (κ3) is 2.40. The number of aromatic nitrogens is 4. The first kappa shape index (κ1) is 14.0. The summed E-state index contributed by atoms with van der Waals surface area (Å²) >= 11 is 0. The number of nitrogens with zero attached hydrogens (tertiary/aromatic N) is 5. The van der Waals surface area contributed by atoms with Crippen LogP contribution in [-0.2, 0) is 0 Å². The van der Waals surface area contributed by atoms with Crippen LogP contribution in [0.1, 0.15) is 30.1 Å². The van der Waals surface area contributed by atoms with Gasteiger partial charge in [0.05, 0.1) is 13.2 Å². The van der Waals surface area contributed by atoms with Crippen molar-refractivity contribution in [3.63, 3.8) is 0 Å². The summed E-state index contributed by atoms with van der Waals surface area (Å²) in [6, 6.07) is 10.7. The van der Waals surface area contributed by atoms with E-state index in [9.17, 15) is 0 Å². The monoisotopic (exact) mass is 309 g/mol. The van der Waals surface area contributed by atoms with Crippen molar-refractivity contribution in [3.05, 3.63) is 47.9 Å². The number of hydrogen-bond acceptors (Lipinski definition) is 5. The summed E-state index contributed by atoms with van der Waals surface area (Å²) in [6.07, 6.45) is 3.83. The largest absolute Gasteiger partial charge is 0.497 e. The standard InChI is InChI=1S/C17H19N5O/c1-12-9-16(22-17(20-12)18-11-19-22)21-8-4-7-15(21)13-5-3-6-14(10-13)23-2/h3,5-6,9-11,15H,4,7-8H2,1-2H3. The van der Waals surface area contributed by atoms with Gasteiger partial charge in [0, 0.05) is 18.3 Å². The van der Waals surface area contributed by atoms with Crippen LogP contribution in [0.4, 0.5) is 5.82 Å². The highest BCUT2D eigenvalue weighted by molar-refractivity contribution is 5.50. The number of aryl methyl sites for hydroxylation is 1.